The van der Waals surface area contributed by atoms with Gasteiger partial charge in [-0.25, -0.2) is 13.2 Å². The summed E-state index contributed by atoms with van der Waals surface area (Å²) in [6.07, 6.45) is -3.33. The maximum Gasteiger partial charge on any atom is 0.422 e. The van der Waals surface area contributed by atoms with E-state index in [4.69, 9.17) is 10.5 Å². The first-order chi connectivity index (χ1) is 17.9. The van der Waals surface area contributed by atoms with Crippen LogP contribution in [0.25, 0.3) is 11.0 Å². The first-order valence-electron chi connectivity index (χ1n) is 10.8. The highest BCUT2D eigenvalue weighted by Gasteiger charge is 2.33. The summed E-state index contributed by atoms with van der Waals surface area (Å²) in [6, 6.07) is 11.9. The van der Waals surface area contributed by atoms with Gasteiger partial charge in [0.25, 0.3) is 10.0 Å². The fourth-order valence-electron chi connectivity index (χ4n) is 3.52. The molecule has 0 aliphatic carbocycles. The number of halogens is 3. The highest BCUT2D eigenvalue weighted by Crippen LogP contribution is 2.30. The minimum Gasteiger partial charge on any atom is -0.609 e. The number of alkyl halides is 3. The van der Waals surface area contributed by atoms with Gasteiger partial charge < -0.3 is 20.3 Å². The van der Waals surface area contributed by atoms with E-state index in [1.54, 1.807) is 18.2 Å². The zero-order chi connectivity index (χ0) is 27.7. The normalized spacial score (nSPS) is 12.9. The average molecular weight is 568 g/mol. The van der Waals surface area contributed by atoms with Gasteiger partial charge in [-0.05, 0) is 49.4 Å². The number of hydrogen-bond donors (Lipinski definition) is 2. The van der Waals surface area contributed by atoms with Crippen LogP contribution < -0.4 is 15.8 Å². The van der Waals surface area contributed by atoms with Crippen molar-refractivity contribution < 1.29 is 35.7 Å². The summed E-state index contributed by atoms with van der Waals surface area (Å²) in [5.74, 6) is -0.426. The molecule has 10 nitrogen and oxygen atoms in total. The number of amides is 2. The Balaban J connectivity index is 1.72. The van der Waals surface area contributed by atoms with Crippen LogP contribution in [0.1, 0.15) is 11.3 Å². The Morgan fingerprint density at radius 2 is 1.84 bits per heavy atom. The Morgan fingerprint density at radius 1 is 1.16 bits per heavy atom. The number of nitrogens with zero attached hydrogens (tertiary/aromatic N) is 3. The smallest absolute Gasteiger partial charge is 0.422 e. The largest absolute Gasteiger partial charge is 0.609 e. The number of urea groups is 1. The van der Waals surface area contributed by atoms with Gasteiger partial charge in [0.2, 0.25) is 0 Å². The molecule has 0 spiro atoms. The van der Waals surface area contributed by atoms with E-state index in [0.717, 1.165) is 3.97 Å². The van der Waals surface area contributed by atoms with Gasteiger partial charge in [0.15, 0.2) is 12.4 Å². The van der Waals surface area contributed by atoms with Crippen LogP contribution in [0.15, 0.2) is 70.8 Å². The van der Waals surface area contributed by atoms with Crippen LogP contribution in [-0.2, 0) is 27.0 Å². The average Bonchev–Trinajstić information content (AvgIpc) is 3.25. The molecule has 0 saturated heterocycles. The van der Waals surface area contributed by atoms with Crippen molar-refractivity contribution in [3.63, 3.8) is 0 Å². The maximum absolute atomic E-state index is 13.7. The molecule has 4 rings (SSSR count). The number of imidazole rings is 1. The van der Waals surface area contributed by atoms with Crippen molar-refractivity contribution in [3.8, 4) is 5.75 Å². The van der Waals surface area contributed by atoms with E-state index >= 15 is 0 Å². The molecule has 3 N–H and O–H groups in total. The third-order valence-corrected chi connectivity index (χ3v) is 8.32. The molecule has 2 amide bonds. The number of nitrogens with two attached hydrogens (primary N) is 1. The monoisotopic (exact) mass is 567 g/mol. The van der Waals surface area contributed by atoms with Crippen molar-refractivity contribution in [1.29, 1.82) is 0 Å². The van der Waals surface area contributed by atoms with Gasteiger partial charge in [-0.15, -0.1) is 0 Å². The van der Waals surface area contributed by atoms with Crippen LogP contribution in [0, 0.1) is 6.92 Å². The number of rotatable bonds is 8. The van der Waals surface area contributed by atoms with Crippen molar-refractivity contribution in [3.05, 3.63) is 72.1 Å². The maximum atomic E-state index is 13.7. The molecule has 4 aromatic rings. The van der Waals surface area contributed by atoms with Crippen molar-refractivity contribution in [1.82, 2.24) is 13.9 Å². The molecule has 0 bridgehead atoms. The van der Waals surface area contributed by atoms with E-state index in [1.807, 2.05) is 0 Å². The molecular formula is C23H20F3N5O5S2. The number of pyridine rings is 1. The van der Waals surface area contributed by atoms with Crippen LogP contribution in [0.5, 0.6) is 5.75 Å². The van der Waals surface area contributed by atoms with Crippen molar-refractivity contribution in [2.45, 2.75) is 28.9 Å². The molecule has 2 heterocycles. The van der Waals surface area contributed by atoms with Gasteiger partial charge in [0.1, 0.15) is 5.75 Å². The summed E-state index contributed by atoms with van der Waals surface area (Å²) in [4.78, 5) is 19.3. The van der Waals surface area contributed by atoms with Crippen molar-refractivity contribution in [2.75, 3.05) is 11.9 Å². The first kappa shape index (κ1) is 27.2. The predicted molar refractivity (Wildman–Crippen MR) is 133 cm³/mol. The fraction of sp³-hybridized carbons (Fsp3) is 0.174. The van der Waals surface area contributed by atoms with Crippen LogP contribution in [0.2, 0.25) is 0 Å². The lowest BCUT2D eigenvalue weighted by Crippen LogP contribution is -2.22. The summed E-state index contributed by atoms with van der Waals surface area (Å²) in [5, 5.41) is 2.03. The van der Waals surface area contributed by atoms with Crippen LogP contribution in [0.4, 0.5) is 23.7 Å². The predicted octanol–water partition coefficient (Wildman–Crippen LogP) is 3.72. The Labute approximate surface area is 217 Å². The molecule has 38 heavy (non-hydrogen) atoms. The number of nitrogens with one attached hydrogen (secondary N) is 1. The Morgan fingerprint density at radius 3 is 2.50 bits per heavy atom. The summed E-state index contributed by atoms with van der Waals surface area (Å²) in [6.45, 7) is -0.0468. The van der Waals surface area contributed by atoms with Gasteiger partial charge in [-0.2, -0.15) is 22.1 Å². The minimum atomic E-state index is -4.55. The molecule has 0 fully saturated rings. The molecule has 0 radical (unpaired) electrons. The van der Waals surface area contributed by atoms with Crippen molar-refractivity contribution >= 4 is 44.0 Å². The summed E-state index contributed by atoms with van der Waals surface area (Å²) in [7, 11) is -4.33. The standard InChI is InChI=1S/C23H20F3N5O5S2/c1-14-18(28-11-10-20(14)36-13-23(24,25)26)12-37(33)22-30-17-4-2-3-5-19(17)31(22)38(34,35)16-8-6-15(7-9-16)29-21(27)32/h2-11H,12-13H2,1H3,(H3,27,29,32). The second kappa shape index (κ2) is 10.5. The number of carbonyl (C=O) groups is 1. The van der Waals surface area contributed by atoms with E-state index in [0.29, 0.717) is 0 Å². The van der Waals surface area contributed by atoms with Gasteiger partial charge in [0.05, 0.1) is 21.6 Å². The SMILES string of the molecule is Cc1c(OCC(F)(F)F)ccnc1C[S+]([O-])c1nc2ccccc2n1S(=O)(=O)c1ccc(NC(N)=O)cc1. The quantitative estimate of drug-likeness (QED) is 0.308. The summed E-state index contributed by atoms with van der Waals surface area (Å²) in [5.41, 5.74) is 6.17. The topological polar surface area (TPSA) is 152 Å². The molecule has 0 saturated carbocycles. The van der Waals surface area contributed by atoms with Gasteiger partial charge >= 0.3 is 17.4 Å². The third-order valence-electron chi connectivity index (χ3n) is 5.27. The van der Waals surface area contributed by atoms with E-state index < -0.39 is 40.0 Å². The van der Waals surface area contributed by atoms with E-state index in [2.05, 4.69) is 15.3 Å². The highest BCUT2D eigenvalue weighted by molar-refractivity contribution is 7.93. The lowest BCUT2D eigenvalue weighted by Gasteiger charge is -2.15. The molecule has 1 atom stereocenters. The van der Waals surface area contributed by atoms with Crippen LogP contribution in [0.3, 0.4) is 0 Å². The number of para-hydroxylation sites is 2. The number of anilines is 1. The van der Waals surface area contributed by atoms with E-state index in [-0.39, 0.29) is 49.5 Å². The molecule has 15 heteroatoms. The number of fused-ring (bicyclic) bond motifs is 1. The zero-order valence-corrected chi connectivity index (χ0v) is 21.2. The minimum absolute atomic E-state index is 0.0879. The fourth-order valence-corrected chi connectivity index (χ4v) is 6.57. The Kier molecular flexibility index (Phi) is 7.53. The number of hydrogen-bond acceptors (Lipinski definition) is 7. The second-order valence-corrected chi connectivity index (χ2v) is 11.1. The van der Waals surface area contributed by atoms with Gasteiger partial charge in [0, 0.05) is 28.6 Å². The highest BCUT2D eigenvalue weighted by atomic mass is 32.2. The number of benzene rings is 2. The number of ether oxygens (including phenoxy) is 1. The van der Waals surface area contributed by atoms with Gasteiger partial charge in [-0.1, -0.05) is 12.1 Å². The van der Waals surface area contributed by atoms with E-state index in [1.165, 1.54) is 49.5 Å². The number of aromatic nitrogens is 3. The number of carbonyl (C=O) groups excluding carboxylic acids is 1. The molecule has 1 unspecified atom stereocenters. The molecule has 2 aromatic heterocycles. The van der Waals surface area contributed by atoms with Gasteiger partial charge in [-0.3, -0.25) is 4.98 Å². The Bertz CT molecular complexity index is 1590. The zero-order valence-electron chi connectivity index (χ0n) is 19.6. The molecular weight excluding hydrogens is 547 g/mol. The lowest BCUT2D eigenvalue weighted by atomic mass is 10.2. The van der Waals surface area contributed by atoms with Crippen LogP contribution in [-0.4, -0.2) is 45.7 Å². The number of primary amides is 1. The molecule has 200 valence electrons. The second-order valence-electron chi connectivity index (χ2n) is 7.94. The van der Waals surface area contributed by atoms with Crippen LogP contribution >= 0.6 is 0 Å². The lowest BCUT2D eigenvalue weighted by molar-refractivity contribution is -0.153. The first-order valence-corrected chi connectivity index (χ1v) is 13.5. The van der Waals surface area contributed by atoms with E-state index in [9.17, 15) is 30.9 Å². The molecule has 2 aromatic carbocycles. The van der Waals surface area contributed by atoms with Crippen molar-refractivity contribution in [2.24, 2.45) is 5.73 Å². The Hall–Kier alpha value is -3.82. The summed E-state index contributed by atoms with van der Waals surface area (Å²) >= 11 is -2.09. The summed E-state index contributed by atoms with van der Waals surface area (Å²) < 4.78 is 84.3. The third kappa shape index (κ3) is 5.84. The molecule has 0 aliphatic heterocycles. The molecule has 0 aliphatic rings.